The van der Waals surface area contributed by atoms with Gasteiger partial charge in [-0.25, -0.2) is 0 Å². The zero-order valence-electron chi connectivity index (χ0n) is 15.4. The van der Waals surface area contributed by atoms with Gasteiger partial charge in [0, 0.05) is 19.1 Å². The maximum atomic E-state index is 12.6. The molecule has 0 aliphatic carbocycles. The molecular formula is C19H26Cl2N2O3. The van der Waals surface area contributed by atoms with Crippen LogP contribution in [0.15, 0.2) is 24.3 Å². The smallest absolute Gasteiger partial charge is 0.263 e. The minimum absolute atomic E-state index is 0.00801. The lowest BCUT2D eigenvalue weighted by Gasteiger charge is -2.34. The molecule has 2 rings (SSSR count). The van der Waals surface area contributed by atoms with Gasteiger partial charge < -0.3 is 15.0 Å². The Labute approximate surface area is 165 Å². The van der Waals surface area contributed by atoms with Crippen LogP contribution < -0.4 is 10.1 Å². The highest BCUT2D eigenvalue weighted by Crippen LogP contribution is 2.20. The Balaban J connectivity index is 1.82. The van der Waals surface area contributed by atoms with Crippen molar-refractivity contribution in [1.29, 1.82) is 0 Å². The summed E-state index contributed by atoms with van der Waals surface area (Å²) in [5.74, 6) is 0.709. The largest absolute Gasteiger partial charge is 0.481 e. The van der Waals surface area contributed by atoms with Crippen molar-refractivity contribution in [2.75, 3.05) is 13.1 Å². The molecule has 7 heteroatoms. The van der Waals surface area contributed by atoms with Crippen molar-refractivity contribution in [3.05, 3.63) is 29.8 Å². The molecule has 0 radical (unpaired) electrons. The normalized spacial score (nSPS) is 16.7. The number of alkyl halides is 2. The van der Waals surface area contributed by atoms with Gasteiger partial charge in [-0.1, -0.05) is 49.2 Å². The summed E-state index contributed by atoms with van der Waals surface area (Å²) in [6.45, 7) is 7.17. The van der Waals surface area contributed by atoms with E-state index in [1.165, 1.54) is 5.56 Å². The van der Waals surface area contributed by atoms with Gasteiger partial charge >= 0.3 is 0 Å². The predicted octanol–water partition coefficient (Wildman–Crippen LogP) is 3.49. The van der Waals surface area contributed by atoms with E-state index in [2.05, 4.69) is 19.2 Å². The van der Waals surface area contributed by atoms with E-state index < -0.39 is 10.9 Å². The number of piperidine rings is 1. The lowest BCUT2D eigenvalue weighted by molar-refractivity contribution is -0.139. The molecule has 1 fully saturated rings. The highest BCUT2D eigenvalue weighted by molar-refractivity contribution is 6.53. The number of hydrogen-bond acceptors (Lipinski definition) is 3. The number of nitrogens with one attached hydrogen (secondary N) is 1. The van der Waals surface area contributed by atoms with Crippen LogP contribution in [-0.2, 0) is 9.59 Å². The molecule has 1 unspecified atom stereocenters. The number of ether oxygens (including phenoxy) is 1. The van der Waals surface area contributed by atoms with Gasteiger partial charge in [-0.15, -0.1) is 0 Å². The number of rotatable bonds is 6. The van der Waals surface area contributed by atoms with E-state index >= 15 is 0 Å². The van der Waals surface area contributed by atoms with Crippen LogP contribution in [0, 0.1) is 0 Å². The van der Waals surface area contributed by atoms with E-state index in [0.717, 1.165) is 0 Å². The van der Waals surface area contributed by atoms with Crippen molar-refractivity contribution >= 4 is 35.0 Å². The van der Waals surface area contributed by atoms with Crippen LogP contribution in [0.25, 0.3) is 0 Å². The molecule has 1 aliphatic rings. The molecule has 1 saturated heterocycles. The lowest BCUT2D eigenvalue weighted by Crippen LogP contribution is -2.50. The molecule has 2 amide bonds. The molecule has 0 aromatic heterocycles. The molecule has 0 bridgehead atoms. The van der Waals surface area contributed by atoms with E-state index in [0.29, 0.717) is 37.6 Å². The van der Waals surface area contributed by atoms with Crippen LogP contribution in [-0.4, -0.2) is 46.8 Å². The minimum atomic E-state index is -1.06. The van der Waals surface area contributed by atoms with Gasteiger partial charge in [0.05, 0.1) is 0 Å². The lowest BCUT2D eigenvalue weighted by atomic mass is 10.0. The molecule has 1 heterocycles. The molecule has 0 saturated carbocycles. The number of amides is 2. The highest BCUT2D eigenvalue weighted by Gasteiger charge is 2.28. The van der Waals surface area contributed by atoms with E-state index in [4.69, 9.17) is 27.9 Å². The first-order valence-corrected chi connectivity index (χ1v) is 9.79. The zero-order chi connectivity index (χ0) is 19.3. The minimum Gasteiger partial charge on any atom is -0.481 e. The van der Waals surface area contributed by atoms with Gasteiger partial charge in [0.25, 0.3) is 11.8 Å². The number of likely N-dealkylation sites (tertiary alicyclic amines) is 1. The van der Waals surface area contributed by atoms with Gasteiger partial charge in [0.2, 0.25) is 0 Å². The van der Waals surface area contributed by atoms with Crippen molar-refractivity contribution in [3.63, 3.8) is 0 Å². The third-order valence-electron chi connectivity index (χ3n) is 4.56. The Hall–Kier alpha value is -1.46. The van der Waals surface area contributed by atoms with E-state index in [-0.39, 0.29) is 17.9 Å². The summed E-state index contributed by atoms with van der Waals surface area (Å²) in [6.07, 6.45) is 0.794. The van der Waals surface area contributed by atoms with Crippen LogP contribution >= 0.6 is 23.2 Å². The molecule has 1 aliphatic heterocycles. The number of halogens is 2. The first-order valence-electron chi connectivity index (χ1n) is 8.92. The maximum absolute atomic E-state index is 12.6. The van der Waals surface area contributed by atoms with Gasteiger partial charge in [0.1, 0.15) is 5.75 Å². The first-order chi connectivity index (χ1) is 12.3. The third-order valence-corrected chi connectivity index (χ3v) is 4.95. The topological polar surface area (TPSA) is 58.6 Å². The Kier molecular flexibility index (Phi) is 7.59. The number of hydrogen-bond donors (Lipinski definition) is 1. The Morgan fingerprint density at radius 3 is 2.19 bits per heavy atom. The fraction of sp³-hybridized carbons (Fsp3) is 0.579. The molecule has 1 aromatic carbocycles. The molecule has 26 heavy (non-hydrogen) atoms. The van der Waals surface area contributed by atoms with Gasteiger partial charge in [0.15, 0.2) is 10.9 Å². The summed E-state index contributed by atoms with van der Waals surface area (Å²) in [5.41, 5.74) is 1.23. The van der Waals surface area contributed by atoms with Crippen LogP contribution in [0.5, 0.6) is 5.75 Å². The van der Waals surface area contributed by atoms with Crippen LogP contribution in [0.4, 0.5) is 0 Å². The Morgan fingerprint density at radius 2 is 1.69 bits per heavy atom. The van der Waals surface area contributed by atoms with Crippen molar-refractivity contribution in [3.8, 4) is 5.75 Å². The molecule has 1 aromatic rings. The number of carbonyl (C=O) groups is 2. The van der Waals surface area contributed by atoms with Crippen LogP contribution in [0.2, 0.25) is 0 Å². The first kappa shape index (κ1) is 20.8. The SMILES string of the molecule is CC(Oc1ccc(C(C)C)cc1)C(=O)N1CCC(NC(=O)C(Cl)Cl)CC1. The maximum Gasteiger partial charge on any atom is 0.263 e. The average Bonchev–Trinajstić information content (AvgIpc) is 2.62. The second kappa shape index (κ2) is 9.47. The van der Waals surface area contributed by atoms with Gasteiger partial charge in [-0.2, -0.15) is 0 Å². The summed E-state index contributed by atoms with van der Waals surface area (Å²) in [5, 5.41) is 2.79. The fourth-order valence-corrected chi connectivity index (χ4v) is 3.08. The van der Waals surface area contributed by atoms with E-state index in [1.807, 2.05) is 24.3 Å². The average molecular weight is 401 g/mol. The number of carbonyl (C=O) groups excluding carboxylic acids is 2. The highest BCUT2D eigenvalue weighted by atomic mass is 35.5. The van der Waals surface area contributed by atoms with Crippen LogP contribution in [0.3, 0.4) is 0 Å². The second-order valence-electron chi connectivity index (χ2n) is 6.89. The third kappa shape index (κ3) is 5.78. The van der Waals surface area contributed by atoms with Crippen molar-refractivity contribution in [2.45, 2.75) is 56.5 Å². The molecule has 0 spiro atoms. The van der Waals surface area contributed by atoms with E-state index in [1.54, 1.807) is 11.8 Å². The van der Waals surface area contributed by atoms with Crippen molar-refractivity contribution < 1.29 is 14.3 Å². The van der Waals surface area contributed by atoms with Crippen molar-refractivity contribution in [1.82, 2.24) is 10.2 Å². The van der Waals surface area contributed by atoms with Gasteiger partial charge in [-0.05, 0) is 43.4 Å². The summed E-state index contributed by atoms with van der Waals surface area (Å²) < 4.78 is 5.79. The quantitative estimate of drug-likeness (QED) is 0.743. The summed E-state index contributed by atoms with van der Waals surface area (Å²) in [6, 6.07) is 7.83. The zero-order valence-corrected chi connectivity index (χ0v) is 16.9. The Morgan fingerprint density at radius 1 is 1.12 bits per heavy atom. The van der Waals surface area contributed by atoms with E-state index in [9.17, 15) is 9.59 Å². The van der Waals surface area contributed by atoms with Crippen LogP contribution in [0.1, 0.15) is 45.1 Å². The summed E-state index contributed by atoms with van der Waals surface area (Å²) >= 11 is 11.1. The summed E-state index contributed by atoms with van der Waals surface area (Å²) in [7, 11) is 0. The Bertz CT molecular complexity index is 612. The number of benzene rings is 1. The molecule has 1 N–H and O–H groups in total. The molecule has 5 nitrogen and oxygen atoms in total. The standard InChI is InChI=1S/C19H26Cl2N2O3/c1-12(2)14-4-6-16(7-5-14)26-13(3)19(25)23-10-8-15(9-11-23)22-18(24)17(20)21/h4-7,12-13,15,17H,8-11H2,1-3H3,(H,22,24). The molecule has 1 atom stereocenters. The van der Waals surface area contributed by atoms with Gasteiger partial charge in [-0.3, -0.25) is 9.59 Å². The fourth-order valence-electron chi connectivity index (χ4n) is 2.95. The number of nitrogens with zero attached hydrogens (tertiary/aromatic N) is 1. The second-order valence-corrected chi connectivity index (χ2v) is 7.99. The van der Waals surface area contributed by atoms with Crippen molar-refractivity contribution in [2.24, 2.45) is 0 Å². The summed E-state index contributed by atoms with van der Waals surface area (Å²) in [4.78, 5) is 24.8. The monoisotopic (exact) mass is 400 g/mol. The molecule has 144 valence electrons. The molecular weight excluding hydrogens is 375 g/mol. The predicted molar refractivity (Wildman–Crippen MR) is 104 cm³/mol.